The van der Waals surface area contributed by atoms with Crippen LogP contribution < -0.4 is 0 Å². The number of nitrogens with zero attached hydrogens (tertiary/aromatic N) is 3. The SMILES string of the molecule is Cc1cc(-c2ccccc2)nc(SCC(=O)N2[C@H](C)CCC[C@@H]2C)n1. The van der Waals surface area contributed by atoms with Crippen molar-refractivity contribution in [3.8, 4) is 11.3 Å². The van der Waals surface area contributed by atoms with E-state index in [2.05, 4.69) is 23.8 Å². The Morgan fingerprint density at radius 1 is 1.16 bits per heavy atom. The maximum Gasteiger partial charge on any atom is 0.233 e. The van der Waals surface area contributed by atoms with Crippen molar-refractivity contribution >= 4 is 17.7 Å². The van der Waals surface area contributed by atoms with Crippen LogP contribution in [0.4, 0.5) is 0 Å². The highest BCUT2D eigenvalue weighted by Crippen LogP contribution is 2.25. The Balaban J connectivity index is 1.71. The molecule has 25 heavy (non-hydrogen) atoms. The Kier molecular flexibility index (Phi) is 5.74. The van der Waals surface area contributed by atoms with Gasteiger partial charge in [0.25, 0.3) is 0 Å². The number of aromatic nitrogens is 2. The van der Waals surface area contributed by atoms with Gasteiger partial charge in [0, 0.05) is 23.3 Å². The summed E-state index contributed by atoms with van der Waals surface area (Å²) in [4.78, 5) is 23.9. The Labute approximate surface area is 154 Å². The van der Waals surface area contributed by atoms with Crippen LogP contribution in [-0.2, 0) is 4.79 Å². The third-order valence-electron chi connectivity index (χ3n) is 4.71. The second-order valence-electron chi connectivity index (χ2n) is 6.76. The van der Waals surface area contributed by atoms with Gasteiger partial charge in [-0.2, -0.15) is 0 Å². The molecule has 0 N–H and O–H groups in total. The lowest BCUT2D eigenvalue weighted by atomic mass is 9.98. The van der Waals surface area contributed by atoms with Crippen molar-refractivity contribution < 1.29 is 4.79 Å². The highest BCUT2D eigenvalue weighted by atomic mass is 32.2. The van der Waals surface area contributed by atoms with Gasteiger partial charge in [-0.1, -0.05) is 42.1 Å². The number of amides is 1. The van der Waals surface area contributed by atoms with E-state index >= 15 is 0 Å². The van der Waals surface area contributed by atoms with Crippen molar-refractivity contribution in [2.75, 3.05) is 5.75 Å². The second-order valence-corrected chi connectivity index (χ2v) is 7.70. The van der Waals surface area contributed by atoms with E-state index in [4.69, 9.17) is 0 Å². The highest BCUT2D eigenvalue weighted by molar-refractivity contribution is 7.99. The molecular formula is C20H25N3OS. The zero-order chi connectivity index (χ0) is 17.8. The number of hydrogen-bond donors (Lipinski definition) is 0. The fraction of sp³-hybridized carbons (Fsp3) is 0.450. The van der Waals surface area contributed by atoms with Crippen LogP contribution in [0.15, 0.2) is 41.6 Å². The molecule has 0 unspecified atom stereocenters. The Morgan fingerprint density at radius 3 is 2.52 bits per heavy atom. The van der Waals surface area contributed by atoms with Gasteiger partial charge in [-0.25, -0.2) is 9.97 Å². The predicted molar refractivity (Wildman–Crippen MR) is 103 cm³/mol. The quantitative estimate of drug-likeness (QED) is 0.605. The molecule has 1 saturated heterocycles. The molecule has 4 nitrogen and oxygen atoms in total. The number of carbonyl (C=O) groups is 1. The van der Waals surface area contributed by atoms with Crippen LogP contribution >= 0.6 is 11.8 Å². The third-order valence-corrected chi connectivity index (χ3v) is 5.54. The minimum atomic E-state index is 0.191. The van der Waals surface area contributed by atoms with Crippen LogP contribution in [0, 0.1) is 6.92 Å². The lowest BCUT2D eigenvalue weighted by molar-refractivity contribution is -0.134. The van der Waals surface area contributed by atoms with E-state index in [1.54, 1.807) is 0 Å². The van der Waals surface area contributed by atoms with Gasteiger partial charge in [0.1, 0.15) is 0 Å². The molecule has 0 radical (unpaired) electrons. The molecule has 2 aromatic rings. The van der Waals surface area contributed by atoms with Crippen LogP contribution in [0.2, 0.25) is 0 Å². The third kappa shape index (κ3) is 4.40. The van der Waals surface area contributed by atoms with Crippen LogP contribution in [0.1, 0.15) is 38.8 Å². The van der Waals surface area contributed by atoms with Gasteiger partial charge in [-0.05, 0) is 46.1 Å². The van der Waals surface area contributed by atoms with Crippen molar-refractivity contribution in [2.24, 2.45) is 0 Å². The molecule has 1 aromatic heterocycles. The summed E-state index contributed by atoms with van der Waals surface area (Å²) in [6, 6.07) is 12.7. The summed E-state index contributed by atoms with van der Waals surface area (Å²) in [6.45, 7) is 6.26. The number of benzene rings is 1. The monoisotopic (exact) mass is 355 g/mol. The number of aryl methyl sites for hydroxylation is 1. The fourth-order valence-corrected chi connectivity index (χ4v) is 4.25. The maximum atomic E-state index is 12.7. The van der Waals surface area contributed by atoms with Gasteiger partial charge in [-0.15, -0.1) is 0 Å². The predicted octanol–water partition coefficient (Wildman–Crippen LogP) is 4.33. The van der Waals surface area contributed by atoms with E-state index in [0.29, 0.717) is 23.0 Å². The number of piperidine rings is 1. The Morgan fingerprint density at radius 2 is 1.84 bits per heavy atom. The molecule has 0 bridgehead atoms. The van der Waals surface area contributed by atoms with Crippen molar-refractivity contribution in [3.63, 3.8) is 0 Å². The van der Waals surface area contributed by atoms with E-state index in [-0.39, 0.29) is 5.91 Å². The summed E-state index contributed by atoms with van der Waals surface area (Å²) in [6.07, 6.45) is 3.40. The summed E-state index contributed by atoms with van der Waals surface area (Å²) in [5, 5.41) is 0.671. The molecule has 0 aliphatic carbocycles. The summed E-state index contributed by atoms with van der Waals surface area (Å²) in [5.74, 6) is 0.586. The van der Waals surface area contributed by atoms with Gasteiger partial charge in [0.15, 0.2) is 5.16 Å². The first-order valence-electron chi connectivity index (χ1n) is 8.89. The molecule has 0 saturated carbocycles. The molecular weight excluding hydrogens is 330 g/mol. The number of thioether (sulfide) groups is 1. The minimum Gasteiger partial charge on any atom is -0.337 e. The lowest BCUT2D eigenvalue weighted by Gasteiger charge is -2.39. The van der Waals surface area contributed by atoms with Crippen LogP contribution in [0.25, 0.3) is 11.3 Å². The molecule has 1 fully saturated rings. The van der Waals surface area contributed by atoms with Crippen molar-refractivity contribution in [3.05, 3.63) is 42.1 Å². The van der Waals surface area contributed by atoms with Crippen molar-refractivity contribution in [1.29, 1.82) is 0 Å². The average molecular weight is 356 g/mol. The summed E-state index contributed by atoms with van der Waals surface area (Å²) < 4.78 is 0. The molecule has 2 heterocycles. The van der Waals surface area contributed by atoms with Gasteiger partial charge in [0.2, 0.25) is 5.91 Å². The van der Waals surface area contributed by atoms with E-state index in [1.165, 1.54) is 18.2 Å². The zero-order valence-electron chi connectivity index (χ0n) is 15.1. The van der Waals surface area contributed by atoms with Gasteiger partial charge < -0.3 is 4.90 Å². The summed E-state index contributed by atoms with van der Waals surface area (Å²) in [5.41, 5.74) is 2.89. The van der Waals surface area contributed by atoms with E-state index in [0.717, 1.165) is 29.8 Å². The highest BCUT2D eigenvalue weighted by Gasteiger charge is 2.28. The Hall–Kier alpha value is -1.88. The van der Waals surface area contributed by atoms with E-state index in [1.807, 2.05) is 48.2 Å². The second kappa shape index (κ2) is 8.00. The van der Waals surface area contributed by atoms with Gasteiger partial charge in [-0.3, -0.25) is 4.79 Å². The van der Waals surface area contributed by atoms with Gasteiger partial charge >= 0.3 is 0 Å². The van der Waals surface area contributed by atoms with Crippen LogP contribution in [0.5, 0.6) is 0 Å². The standard InChI is InChI=1S/C20H25N3OS/c1-14-12-18(17-10-5-4-6-11-17)22-20(21-14)25-13-19(24)23-15(2)8-7-9-16(23)3/h4-6,10-12,15-16H,7-9,13H2,1-3H3/t15-,16+. The Bertz CT molecular complexity index is 725. The minimum absolute atomic E-state index is 0.191. The van der Waals surface area contributed by atoms with Crippen LogP contribution in [-0.4, -0.2) is 38.6 Å². The number of carbonyl (C=O) groups excluding carboxylic acids is 1. The number of likely N-dealkylation sites (tertiary alicyclic amines) is 1. The molecule has 1 aromatic carbocycles. The summed E-state index contributed by atoms with van der Waals surface area (Å²) in [7, 11) is 0. The van der Waals surface area contributed by atoms with E-state index in [9.17, 15) is 4.79 Å². The molecule has 1 amide bonds. The molecule has 1 aliphatic heterocycles. The summed E-state index contributed by atoms with van der Waals surface area (Å²) >= 11 is 1.44. The number of rotatable bonds is 4. The molecule has 3 rings (SSSR count). The first-order chi connectivity index (χ1) is 12.0. The first kappa shape index (κ1) is 17.9. The smallest absolute Gasteiger partial charge is 0.233 e. The van der Waals surface area contributed by atoms with Crippen molar-refractivity contribution in [2.45, 2.75) is 57.3 Å². The molecule has 132 valence electrons. The van der Waals surface area contributed by atoms with Crippen molar-refractivity contribution in [1.82, 2.24) is 14.9 Å². The lowest BCUT2D eigenvalue weighted by Crippen LogP contribution is -2.48. The number of hydrogen-bond acceptors (Lipinski definition) is 4. The van der Waals surface area contributed by atoms with E-state index < -0.39 is 0 Å². The average Bonchev–Trinajstić information content (AvgIpc) is 2.60. The first-order valence-corrected chi connectivity index (χ1v) is 9.88. The largest absolute Gasteiger partial charge is 0.337 e. The topological polar surface area (TPSA) is 46.1 Å². The zero-order valence-corrected chi connectivity index (χ0v) is 15.9. The normalized spacial score (nSPS) is 20.5. The fourth-order valence-electron chi connectivity index (χ4n) is 3.48. The molecule has 5 heteroatoms. The van der Waals surface area contributed by atoms with Crippen LogP contribution in [0.3, 0.4) is 0 Å². The molecule has 2 atom stereocenters. The maximum absolute atomic E-state index is 12.7. The molecule has 1 aliphatic rings. The molecule has 0 spiro atoms. The van der Waals surface area contributed by atoms with Gasteiger partial charge in [0.05, 0.1) is 11.4 Å².